The second kappa shape index (κ2) is 9.58. The summed E-state index contributed by atoms with van der Waals surface area (Å²) in [5.74, 6) is 0.296. The minimum atomic E-state index is -1.16. The predicted octanol–water partition coefficient (Wildman–Crippen LogP) is 1.90. The number of aromatic carboxylic acids is 1. The number of hydrogen-bond acceptors (Lipinski definition) is 4. The molecule has 0 bridgehead atoms. The molecule has 0 saturated carbocycles. The van der Waals surface area contributed by atoms with E-state index in [1.54, 1.807) is 31.4 Å². The quantitative estimate of drug-likeness (QED) is 0.618. The first-order valence-electron chi connectivity index (χ1n) is 9.12. The van der Waals surface area contributed by atoms with E-state index in [1.807, 2.05) is 48.5 Å². The van der Waals surface area contributed by atoms with Crippen LogP contribution in [0.5, 0.6) is 11.5 Å². The van der Waals surface area contributed by atoms with E-state index in [-0.39, 0.29) is 5.56 Å². The summed E-state index contributed by atoms with van der Waals surface area (Å²) in [6.07, 6.45) is 0. The molecule has 28 heavy (non-hydrogen) atoms. The van der Waals surface area contributed by atoms with Crippen molar-refractivity contribution < 1.29 is 24.7 Å². The van der Waals surface area contributed by atoms with Gasteiger partial charge in [-0.15, -0.1) is 0 Å². The minimum Gasteiger partial charge on any atom is -0.545 e. The van der Waals surface area contributed by atoms with Gasteiger partial charge in [-0.05, 0) is 23.3 Å². The molecule has 0 unspecified atom stereocenters. The summed E-state index contributed by atoms with van der Waals surface area (Å²) in [7, 11) is 1.64. The van der Waals surface area contributed by atoms with Gasteiger partial charge in [0.25, 0.3) is 0 Å². The van der Waals surface area contributed by atoms with Gasteiger partial charge in [0.2, 0.25) is 0 Å². The maximum Gasteiger partial charge on any atom is 0.170 e. The molecule has 0 atom stereocenters. The molecule has 0 saturated heterocycles. The van der Waals surface area contributed by atoms with Gasteiger partial charge in [0.05, 0.1) is 18.6 Å². The van der Waals surface area contributed by atoms with Crippen molar-refractivity contribution in [3.8, 4) is 11.5 Å². The summed E-state index contributed by atoms with van der Waals surface area (Å²) in [6.45, 7) is 1.91. The van der Waals surface area contributed by atoms with Crippen LogP contribution < -0.4 is 19.9 Å². The lowest BCUT2D eigenvalue weighted by Gasteiger charge is -2.14. The zero-order chi connectivity index (χ0) is 19.8. The molecule has 0 heterocycles. The Hall–Kier alpha value is -3.31. The number of carboxylic acids is 1. The van der Waals surface area contributed by atoms with Crippen molar-refractivity contribution in [2.75, 3.05) is 7.11 Å². The highest BCUT2D eigenvalue weighted by Crippen LogP contribution is 2.31. The van der Waals surface area contributed by atoms with Crippen molar-refractivity contribution in [1.82, 2.24) is 0 Å². The van der Waals surface area contributed by atoms with Crippen LogP contribution in [-0.4, -0.2) is 13.1 Å². The molecule has 0 amide bonds. The first-order valence-corrected chi connectivity index (χ1v) is 9.12. The largest absolute Gasteiger partial charge is 0.545 e. The average Bonchev–Trinajstić information content (AvgIpc) is 2.73. The molecular formula is C23H23NO4. The normalized spacial score (nSPS) is 10.5. The highest BCUT2D eigenvalue weighted by atomic mass is 16.5. The Balaban J connectivity index is 1.64. The average molecular weight is 377 g/mol. The van der Waals surface area contributed by atoms with Crippen LogP contribution in [0.2, 0.25) is 0 Å². The Morgan fingerprint density at radius 3 is 2.32 bits per heavy atom. The van der Waals surface area contributed by atoms with E-state index in [2.05, 4.69) is 5.32 Å². The van der Waals surface area contributed by atoms with E-state index >= 15 is 0 Å². The molecule has 0 radical (unpaired) electrons. The number of benzene rings is 3. The lowest BCUT2D eigenvalue weighted by Crippen LogP contribution is -2.80. The zero-order valence-electron chi connectivity index (χ0n) is 15.8. The summed E-state index contributed by atoms with van der Waals surface area (Å²) in [5, 5.41) is 13.0. The minimum absolute atomic E-state index is 0.188. The van der Waals surface area contributed by atoms with Crippen molar-refractivity contribution in [3.63, 3.8) is 0 Å². The number of methoxy groups -OCH3 is 1. The SMILES string of the molecule is COc1cccc(C[NH2+]Cc2ccc(C(=O)[O-])cc2)c1OCc1ccccc1. The highest BCUT2D eigenvalue weighted by Gasteiger charge is 2.12. The molecule has 0 aliphatic heterocycles. The summed E-state index contributed by atoms with van der Waals surface area (Å²) in [4.78, 5) is 10.8. The molecule has 0 aliphatic carbocycles. The molecule has 0 fully saturated rings. The lowest BCUT2D eigenvalue weighted by molar-refractivity contribution is -0.686. The first kappa shape index (κ1) is 19.5. The summed E-state index contributed by atoms with van der Waals surface area (Å²) >= 11 is 0. The number of nitrogens with two attached hydrogens (primary N) is 1. The van der Waals surface area contributed by atoms with Gasteiger partial charge in [-0.3, -0.25) is 0 Å². The number of rotatable bonds is 9. The van der Waals surface area contributed by atoms with Gasteiger partial charge in [-0.2, -0.15) is 0 Å². The van der Waals surface area contributed by atoms with E-state index in [0.717, 1.165) is 29.0 Å². The number of hydrogen-bond donors (Lipinski definition) is 1. The van der Waals surface area contributed by atoms with Crippen LogP contribution in [0.1, 0.15) is 27.0 Å². The molecule has 5 nitrogen and oxygen atoms in total. The molecule has 2 N–H and O–H groups in total. The van der Waals surface area contributed by atoms with Crippen molar-refractivity contribution in [2.45, 2.75) is 19.7 Å². The van der Waals surface area contributed by atoms with Gasteiger partial charge in [0.1, 0.15) is 19.7 Å². The van der Waals surface area contributed by atoms with Crippen molar-refractivity contribution in [1.29, 1.82) is 0 Å². The van der Waals surface area contributed by atoms with E-state index < -0.39 is 5.97 Å². The fourth-order valence-corrected chi connectivity index (χ4v) is 2.95. The highest BCUT2D eigenvalue weighted by molar-refractivity contribution is 5.85. The van der Waals surface area contributed by atoms with Crippen LogP contribution in [-0.2, 0) is 19.7 Å². The van der Waals surface area contributed by atoms with Gasteiger partial charge >= 0.3 is 0 Å². The number of carbonyl (C=O) groups excluding carboxylic acids is 1. The maximum atomic E-state index is 10.8. The van der Waals surface area contributed by atoms with E-state index in [9.17, 15) is 9.90 Å². The zero-order valence-corrected chi connectivity index (χ0v) is 15.8. The molecule has 3 rings (SSSR count). The van der Waals surface area contributed by atoms with Crippen LogP contribution in [0.4, 0.5) is 0 Å². The third-order valence-electron chi connectivity index (χ3n) is 4.44. The van der Waals surface area contributed by atoms with Crippen molar-refractivity contribution in [2.24, 2.45) is 0 Å². The fourth-order valence-electron chi connectivity index (χ4n) is 2.95. The second-order valence-corrected chi connectivity index (χ2v) is 6.40. The number of ether oxygens (including phenoxy) is 2. The van der Waals surface area contributed by atoms with Crippen LogP contribution in [0, 0.1) is 0 Å². The second-order valence-electron chi connectivity index (χ2n) is 6.40. The number of carboxylic acid groups (broad SMARTS) is 1. The molecule has 144 valence electrons. The molecule has 3 aromatic rings. The van der Waals surface area contributed by atoms with E-state index in [1.165, 1.54) is 0 Å². The fraction of sp³-hybridized carbons (Fsp3) is 0.174. The lowest BCUT2D eigenvalue weighted by atomic mass is 10.1. The van der Waals surface area contributed by atoms with Gasteiger partial charge in [0, 0.05) is 5.56 Å². The van der Waals surface area contributed by atoms with E-state index in [0.29, 0.717) is 18.9 Å². The first-order chi connectivity index (χ1) is 13.7. The Morgan fingerprint density at radius 1 is 0.893 bits per heavy atom. The summed E-state index contributed by atoms with van der Waals surface area (Å²) in [5.41, 5.74) is 3.37. The van der Waals surface area contributed by atoms with E-state index in [4.69, 9.17) is 9.47 Å². The smallest absolute Gasteiger partial charge is 0.170 e. The summed E-state index contributed by atoms with van der Waals surface area (Å²) < 4.78 is 11.5. The number of para-hydroxylation sites is 1. The number of carbonyl (C=O) groups is 1. The maximum absolute atomic E-state index is 10.8. The van der Waals surface area contributed by atoms with Gasteiger partial charge < -0.3 is 24.7 Å². The Morgan fingerprint density at radius 2 is 1.64 bits per heavy atom. The third-order valence-corrected chi connectivity index (χ3v) is 4.44. The Bertz CT molecular complexity index is 908. The van der Waals surface area contributed by atoms with Crippen LogP contribution >= 0.6 is 0 Å². The molecular weight excluding hydrogens is 354 g/mol. The third kappa shape index (κ3) is 5.11. The van der Waals surface area contributed by atoms with Gasteiger partial charge in [-0.1, -0.05) is 60.7 Å². The van der Waals surface area contributed by atoms with Crippen LogP contribution in [0.3, 0.4) is 0 Å². The molecule has 5 heteroatoms. The molecule has 0 spiro atoms. The standard InChI is InChI=1S/C23H23NO4/c1-27-21-9-5-8-20(22(21)28-16-18-6-3-2-4-7-18)15-24-14-17-10-12-19(13-11-17)23(25)26/h2-13,24H,14-16H2,1H3,(H,25,26). The molecule has 0 aromatic heterocycles. The Labute approximate surface area is 164 Å². The van der Waals surface area contributed by atoms with Crippen LogP contribution in [0.25, 0.3) is 0 Å². The van der Waals surface area contributed by atoms with Gasteiger partial charge in [-0.25, -0.2) is 0 Å². The monoisotopic (exact) mass is 377 g/mol. The number of quaternary nitrogens is 1. The molecule has 3 aromatic carbocycles. The van der Waals surface area contributed by atoms with Crippen molar-refractivity contribution in [3.05, 3.63) is 95.1 Å². The van der Waals surface area contributed by atoms with Gasteiger partial charge in [0.15, 0.2) is 11.5 Å². The van der Waals surface area contributed by atoms with Crippen LogP contribution in [0.15, 0.2) is 72.8 Å². The Kier molecular flexibility index (Phi) is 6.65. The summed E-state index contributed by atoms with van der Waals surface area (Å²) in [6, 6.07) is 22.6. The van der Waals surface area contributed by atoms with Crippen molar-refractivity contribution >= 4 is 5.97 Å². The predicted molar refractivity (Wildman–Crippen MR) is 104 cm³/mol. The molecule has 0 aliphatic rings. The topological polar surface area (TPSA) is 75.2 Å².